The lowest BCUT2D eigenvalue weighted by Gasteiger charge is -2.25. The number of hydrogen-bond donors (Lipinski definition) is 2. The first-order valence-corrected chi connectivity index (χ1v) is 8.33. The van der Waals surface area contributed by atoms with E-state index in [1.165, 1.54) is 0 Å². The predicted molar refractivity (Wildman–Crippen MR) is 96.2 cm³/mol. The van der Waals surface area contributed by atoms with Crippen molar-refractivity contribution in [2.24, 2.45) is 5.73 Å². The zero-order valence-electron chi connectivity index (χ0n) is 14.0. The van der Waals surface area contributed by atoms with E-state index in [1.54, 1.807) is 4.90 Å². The average molecular weight is 333 g/mol. The number of fused-ring (bicyclic) bond motifs is 2. The second-order valence-electron chi connectivity index (χ2n) is 6.41. The molecule has 0 saturated heterocycles. The van der Waals surface area contributed by atoms with E-state index in [2.05, 4.69) is 11.1 Å². The van der Waals surface area contributed by atoms with E-state index < -0.39 is 5.91 Å². The molecule has 5 nitrogen and oxygen atoms in total. The van der Waals surface area contributed by atoms with E-state index in [0.29, 0.717) is 12.1 Å². The fraction of sp³-hybridized carbons (Fsp3) is 0.200. The molecule has 126 valence electrons. The van der Waals surface area contributed by atoms with Crippen LogP contribution in [0.3, 0.4) is 0 Å². The maximum Gasteiger partial charge on any atom is 0.255 e. The number of nitrogens with two attached hydrogens (primary N) is 1. The van der Waals surface area contributed by atoms with Crippen molar-refractivity contribution in [3.63, 3.8) is 0 Å². The summed E-state index contributed by atoms with van der Waals surface area (Å²) in [6, 6.07) is 15.5. The molecule has 4 rings (SSSR count). The van der Waals surface area contributed by atoms with Gasteiger partial charge in [0.05, 0.1) is 6.04 Å². The SMILES string of the molecule is Cc1[nH]c2ccccc2c1[C@H]1c2ccccc2C(=O)N1CCC(N)=O. The van der Waals surface area contributed by atoms with E-state index >= 15 is 0 Å². The number of nitrogens with one attached hydrogen (secondary N) is 1. The molecule has 25 heavy (non-hydrogen) atoms. The van der Waals surface area contributed by atoms with Gasteiger partial charge in [0, 0.05) is 40.7 Å². The predicted octanol–water partition coefficient (Wildman–Crippen LogP) is 2.90. The zero-order valence-corrected chi connectivity index (χ0v) is 14.0. The Morgan fingerprint density at radius 1 is 1.16 bits per heavy atom. The zero-order chi connectivity index (χ0) is 17.6. The number of rotatable bonds is 4. The molecule has 1 atom stereocenters. The molecule has 2 amide bonds. The number of nitrogens with zero attached hydrogens (tertiary/aromatic N) is 1. The highest BCUT2D eigenvalue weighted by atomic mass is 16.2. The Morgan fingerprint density at radius 2 is 1.88 bits per heavy atom. The molecule has 0 aliphatic carbocycles. The van der Waals surface area contributed by atoms with E-state index in [1.807, 2.05) is 49.4 Å². The fourth-order valence-electron chi connectivity index (χ4n) is 3.79. The van der Waals surface area contributed by atoms with Gasteiger partial charge in [-0.3, -0.25) is 9.59 Å². The van der Waals surface area contributed by atoms with Crippen molar-refractivity contribution in [1.29, 1.82) is 0 Å². The standard InChI is InChI=1S/C20H19N3O2/c1-12-18(15-8-4-5-9-16(15)22-12)19-13-6-2-3-7-14(13)20(25)23(19)11-10-17(21)24/h2-9,19,22H,10-11H2,1H3,(H2,21,24)/t19-/m1/s1. The summed E-state index contributed by atoms with van der Waals surface area (Å²) in [7, 11) is 0. The van der Waals surface area contributed by atoms with Crippen molar-refractivity contribution in [3.8, 4) is 0 Å². The molecule has 0 fully saturated rings. The second kappa shape index (κ2) is 5.77. The van der Waals surface area contributed by atoms with Crippen LogP contribution in [0.1, 0.15) is 39.6 Å². The summed E-state index contributed by atoms with van der Waals surface area (Å²) in [6.45, 7) is 2.33. The fourth-order valence-corrected chi connectivity index (χ4v) is 3.79. The van der Waals surface area contributed by atoms with Crippen molar-refractivity contribution in [1.82, 2.24) is 9.88 Å². The Bertz CT molecular complexity index is 990. The normalized spacial score (nSPS) is 16.4. The monoisotopic (exact) mass is 333 g/mol. The van der Waals surface area contributed by atoms with Gasteiger partial charge in [-0.1, -0.05) is 36.4 Å². The summed E-state index contributed by atoms with van der Waals surface area (Å²) >= 11 is 0. The maximum absolute atomic E-state index is 12.9. The Kier molecular flexibility index (Phi) is 3.57. The second-order valence-corrected chi connectivity index (χ2v) is 6.41. The largest absolute Gasteiger partial charge is 0.370 e. The van der Waals surface area contributed by atoms with Crippen molar-refractivity contribution < 1.29 is 9.59 Å². The van der Waals surface area contributed by atoms with Gasteiger partial charge in [0.15, 0.2) is 0 Å². The summed E-state index contributed by atoms with van der Waals surface area (Å²) in [5.41, 5.74) is 10.1. The lowest BCUT2D eigenvalue weighted by Crippen LogP contribution is -2.32. The van der Waals surface area contributed by atoms with Crippen LogP contribution in [0.15, 0.2) is 48.5 Å². The molecule has 2 aromatic carbocycles. The number of aromatic amines is 1. The molecule has 2 heterocycles. The summed E-state index contributed by atoms with van der Waals surface area (Å²) in [4.78, 5) is 29.4. The third kappa shape index (κ3) is 2.39. The first-order chi connectivity index (χ1) is 12.1. The van der Waals surface area contributed by atoms with Crippen LogP contribution in [0.4, 0.5) is 0 Å². The lowest BCUT2D eigenvalue weighted by molar-refractivity contribution is -0.118. The first-order valence-electron chi connectivity index (χ1n) is 8.33. The highest BCUT2D eigenvalue weighted by Gasteiger charge is 2.39. The summed E-state index contributed by atoms with van der Waals surface area (Å²) in [6.07, 6.45) is 0.150. The molecule has 0 saturated carbocycles. The number of carbonyl (C=O) groups excluding carboxylic acids is 2. The molecule has 1 aliphatic rings. The van der Waals surface area contributed by atoms with Crippen molar-refractivity contribution >= 4 is 22.7 Å². The number of benzene rings is 2. The van der Waals surface area contributed by atoms with E-state index in [9.17, 15) is 9.59 Å². The van der Waals surface area contributed by atoms with Gasteiger partial charge in [0.25, 0.3) is 5.91 Å². The van der Waals surface area contributed by atoms with Crippen LogP contribution in [0.2, 0.25) is 0 Å². The van der Waals surface area contributed by atoms with E-state index in [4.69, 9.17) is 5.73 Å². The van der Waals surface area contributed by atoms with Gasteiger partial charge in [-0.15, -0.1) is 0 Å². The molecule has 5 heteroatoms. The van der Waals surface area contributed by atoms with Gasteiger partial charge in [-0.05, 0) is 24.6 Å². The van der Waals surface area contributed by atoms with Crippen molar-refractivity contribution in [3.05, 3.63) is 70.9 Å². The summed E-state index contributed by atoms with van der Waals surface area (Å²) in [5, 5.41) is 1.10. The van der Waals surface area contributed by atoms with Crippen LogP contribution >= 0.6 is 0 Å². The number of para-hydroxylation sites is 1. The minimum Gasteiger partial charge on any atom is -0.370 e. The van der Waals surface area contributed by atoms with Crippen LogP contribution in [0.5, 0.6) is 0 Å². The molecule has 1 aromatic heterocycles. The minimum atomic E-state index is -0.404. The minimum absolute atomic E-state index is 0.0495. The first kappa shape index (κ1) is 15.4. The van der Waals surface area contributed by atoms with Crippen molar-refractivity contribution in [2.45, 2.75) is 19.4 Å². The Morgan fingerprint density at radius 3 is 2.68 bits per heavy atom. The Hall–Kier alpha value is -3.08. The Labute approximate surface area is 145 Å². The average Bonchev–Trinajstić information content (AvgIpc) is 3.07. The van der Waals surface area contributed by atoms with Gasteiger partial charge in [-0.25, -0.2) is 0 Å². The van der Waals surface area contributed by atoms with Gasteiger partial charge in [-0.2, -0.15) is 0 Å². The number of hydrogen-bond acceptors (Lipinski definition) is 2. The van der Waals surface area contributed by atoms with Gasteiger partial charge in [0.1, 0.15) is 0 Å². The van der Waals surface area contributed by atoms with Gasteiger partial charge < -0.3 is 15.6 Å². The van der Waals surface area contributed by atoms with E-state index in [-0.39, 0.29) is 18.4 Å². The third-order valence-corrected chi connectivity index (χ3v) is 4.87. The van der Waals surface area contributed by atoms with Crippen LogP contribution in [0, 0.1) is 6.92 Å². The third-order valence-electron chi connectivity index (χ3n) is 4.87. The van der Waals surface area contributed by atoms with Crippen LogP contribution in [-0.2, 0) is 4.79 Å². The molecule has 0 bridgehead atoms. The molecular weight excluding hydrogens is 314 g/mol. The molecule has 3 aromatic rings. The molecule has 0 spiro atoms. The van der Waals surface area contributed by atoms with Crippen LogP contribution in [0.25, 0.3) is 10.9 Å². The number of amides is 2. The number of primary amides is 1. The highest BCUT2D eigenvalue weighted by molar-refractivity contribution is 6.01. The molecule has 0 unspecified atom stereocenters. The van der Waals surface area contributed by atoms with E-state index in [0.717, 1.165) is 27.7 Å². The number of aryl methyl sites for hydroxylation is 1. The van der Waals surface area contributed by atoms with Crippen molar-refractivity contribution in [2.75, 3.05) is 6.54 Å². The van der Waals surface area contributed by atoms with Crippen LogP contribution < -0.4 is 5.73 Å². The number of H-pyrrole nitrogens is 1. The van der Waals surface area contributed by atoms with Gasteiger partial charge >= 0.3 is 0 Å². The molecule has 1 aliphatic heterocycles. The molecule has 0 radical (unpaired) electrons. The van der Waals surface area contributed by atoms with Crippen LogP contribution in [-0.4, -0.2) is 28.2 Å². The molecular formula is C20H19N3O2. The summed E-state index contributed by atoms with van der Waals surface area (Å²) < 4.78 is 0. The quantitative estimate of drug-likeness (QED) is 0.770. The highest BCUT2D eigenvalue weighted by Crippen LogP contribution is 2.42. The number of carbonyl (C=O) groups is 2. The Balaban J connectivity index is 1.90. The smallest absolute Gasteiger partial charge is 0.255 e. The lowest BCUT2D eigenvalue weighted by atomic mass is 9.95. The topological polar surface area (TPSA) is 79.2 Å². The van der Waals surface area contributed by atoms with Gasteiger partial charge in [0.2, 0.25) is 5.91 Å². The molecule has 3 N–H and O–H groups in total. The maximum atomic E-state index is 12.9. The summed E-state index contributed by atoms with van der Waals surface area (Å²) in [5.74, 6) is -0.454. The number of aromatic nitrogens is 1.